The van der Waals surface area contributed by atoms with E-state index < -0.39 is 10.0 Å². The summed E-state index contributed by atoms with van der Waals surface area (Å²) >= 11 is 5.83. The SMILES string of the molecule is CCCCN(CC)S(=O)(=O)c1cc(CCl)ccc1CC. The van der Waals surface area contributed by atoms with Crippen LogP contribution < -0.4 is 0 Å². The van der Waals surface area contributed by atoms with Crippen LogP contribution in [0.5, 0.6) is 0 Å². The first-order chi connectivity index (χ1) is 9.51. The van der Waals surface area contributed by atoms with Crippen LogP contribution in [0.25, 0.3) is 0 Å². The van der Waals surface area contributed by atoms with Crippen molar-refractivity contribution in [2.75, 3.05) is 13.1 Å². The van der Waals surface area contributed by atoms with Gasteiger partial charge in [0.15, 0.2) is 0 Å². The summed E-state index contributed by atoms with van der Waals surface area (Å²) in [5.74, 6) is 0.327. The van der Waals surface area contributed by atoms with E-state index in [0.717, 1.165) is 24.0 Å². The molecule has 0 radical (unpaired) electrons. The number of hydrogen-bond donors (Lipinski definition) is 0. The summed E-state index contributed by atoms with van der Waals surface area (Å²) in [4.78, 5) is 0.413. The van der Waals surface area contributed by atoms with Gasteiger partial charge < -0.3 is 0 Å². The zero-order valence-electron chi connectivity index (χ0n) is 12.5. The van der Waals surface area contributed by atoms with Crippen molar-refractivity contribution in [3.63, 3.8) is 0 Å². The van der Waals surface area contributed by atoms with Crippen molar-refractivity contribution < 1.29 is 8.42 Å². The zero-order valence-corrected chi connectivity index (χ0v) is 14.1. The number of alkyl halides is 1. The minimum atomic E-state index is -3.42. The lowest BCUT2D eigenvalue weighted by molar-refractivity contribution is 0.418. The molecule has 20 heavy (non-hydrogen) atoms. The van der Waals surface area contributed by atoms with Gasteiger partial charge in [-0.1, -0.05) is 39.3 Å². The van der Waals surface area contributed by atoms with Gasteiger partial charge in [0.2, 0.25) is 10.0 Å². The Kier molecular flexibility index (Phi) is 7.00. The molecule has 0 heterocycles. The molecule has 0 fully saturated rings. The second kappa shape index (κ2) is 8.01. The Morgan fingerprint density at radius 1 is 1.20 bits per heavy atom. The van der Waals surface area contributed by atoms with Crippen molar-refractivity contribution in [3.8, 4) is 0 Å². The van der Waals surface area contributed by atoms with Crippen LogP contribution in [0.2, 0.25) is 0 Å². The maximum Gasteiger partial charge on any atom is 0.243 e. The lowest BCUT2D eigenvalue weighted by Crippen LogP contribution is -2.32. The first-order valence-electron chi connectivity index (χ1n) is 7.19. The van der Waals surface area contributed by atoms with E-state index in [4.69, 9.17) is 11.6 Å². The van der Waals surface area contributed by atoms with E-state index in [0.29, 0.717) is 30.3 Å². The molecule has 0 saturated carbocycles. The Hall–Kier alpha value is -0.580. The minimum absolute atomic E-state index is 0.327. The van der Waals surface area contributed by atoms with Gasteiger partial charge in [-0.25, -0.2) is 8.42 Å². The molecule has 0 aliphatic carbocycles. The summed E-state index contributed by atoms with van der Waals surface area (Å²) in [7, 11) is -3.42. The largest absolute Gasteiger partial charge is 0.243 e. The average Bonchev–Trinajstić information content (AvgIpc) is 2.47. The van der Waals surface area contributed by atoms with E-state index in [1.807, 2.05) is 26.0 Å². The van der Waals surface area contributed by atoms with Gasteiger partial charge in [-0.3, -0.25) is 0 Å². The quantitative estimate of drug-likeness (QED) is 0.684. The fourth-order valence-corrected chi connectivity index (χ4v) is 4.13. The molecule has 114 valence electrons. The summed E-state index contributed by atoms with van der Waals surface area (Å²) < 4.78 is 27.2. The molecule has 0 spiro atoms. The average molecular weight is 318 g/mol. The summed E-state index contributed by atoms with van der Waals surface area (Å²) in [6, 6.07) is 5.49. The predicted molar refractivity (Wildman–Crippen MR) is 84.7 cm³/mol. The Labute approximate surface area is 128 Å². The van der Waals surface area contributed by atoms with Crippen LogP contribution in [0.15, 0.2) is 23.1 Å². The molecule has 1 rings (SSSR count). The van der Waals surface area contributed by atoms with Gasteiger partial charge in [0.1, 0.15) is 0 Å². The molecule has 0 N–H and O–H groups in total. The third-order valence-corrected chi connectivity index (χ3v) is 5.76. The molecular weight excluding hydrogens is 294 g/mol. The highest BCUT2D eigenvalue weighted by molar-refractivity contribution is 7.89. The Bertz CT molecular complexity index is 529. The third-order valence-electron chi connectivity index (χ3n) is 3.40. The molecule has 0 aliphatic heterocycles. The molecule has 0 atom stereocenters. The number of nitrogens with zero attached hydrogens (tertiary/aromatic N) is 1. The minimum Gasteiger partial charge on any atom is -0.207 e. The van der Waals surface area contributed by atoms with E-state index in [9.17, 15) is 8.42 Å². The Morgan fingerprint density at radius 3 is 2.40 bits per heavy atom. The molecule has 1 aromatic carbocycles. The summed E-state index contributed by atoms with van der Waals surface area (Å²) in [6.07, 6.45) is 2.56. The number of sulfonamides is 1. The van der Waals surface area contributed by atoms with E-state index in [2.05, 4.69) is 6.92 Å². The maximum atomic E-state index is 12.8. The van der Waals surface area contributed by atoms with Crippen molar-refractivity contribution in [3.05, 3.63) is 29.3 Å². The monoisotopic (exact) mass is 317 g/mol. The fraction of sp³-hybridized carbons (Fsp3) is 0.600. The molecule has 0 unspecified atom stereocenters. The van der Waals surface area contributed by atoms with Gasteiger partial charge in [-0.05, 0) is 30.0 Å². The van der Waals surface area contributed by atoms with E-state index >= 15 is 0 Å². The maximum absolute atomic E-state index is 12.8. The summed E-state index contributed by atoms with van der Waals surface area (Å²) in [6.45, 7) is 6.98. The second-order valence-corrected chi connectivity index (χ2v) is 6.95. The third kappa shape index (κ3) is 3.96. The van der Waals surface area contributed by atoms with Crippen LogP contribution in [0.1, 0.15) is 44.7 Å². The number of hydrogen-bond acceptors (Lipinski definition) is 2. The molecule has 3 nitrogen and oxygen atoms in total. The van der Waals surface area contributed by atoms with Gasteiger partial charge in [0.05, 0.1) is 4.90 Å². The lowest BCUT2D eigenvalue weighted by Gasteiger charge is -2.22. The van der Waals surface area contributed by atoms with E-state index in [1.54, 1.807) is 10.4 Å². The molecule has 0 aliphatic rings. The second-order valence-electron chi connectivity index (χ2n) is 4.78. The highest BCUT2D eigenvalue weighted by Crippen LogP contribution is 2.23. The molecule has 0 amide bonds. The standard InChI is InChI=1S/C15H24ClNO2S/c1-4-7-10-17(6-3)20(18,19)15-11-13(12-16)8-9-14(15)5-2/h8-9,11H,4-7,10,12H2,1-3H3. The first kappa shape index (κ1) is 17.5. The molecule has 0 bridgehead atoms. The van der Waals surface area contributed by atoms with Crippen LogP contribution in [0, 0.1) is 0 Å². The van der Waals surface area contributed by atoms with E-state index in [-0.39, 0.29) is 0 Å². The number of unbranched alkanes of at least 4 members (excludes halogenated alkanes) is 1. The topological polar surface area (TPSA) is 37.4 Å². The summed E-state index contributed by atoms with van der Waals surface area (Å²) in [5.41, 5.74) is 1.70. The fourth-order valence-electron chi connectivity index (χ4n) is 2.14. The highest BCUT2D eigenvalue weighted by Gasteiger charge is 2.25. The van der Waals surface area contributed by atoms with Gasteiger partial charge in [-0.2, -0.15) is 4.31 Å². The highest BCUT2D eigenvalue weighted by atomic mass is 35.5. The normalized spacial score (nSPS) is 12.1. The van der Waals surface area contributed by atoms with Gasteiger partial charge in [0, 0.05) is 19.0 Å². The summed E-state index contributed by atoms with van der Waals surface area (Å²) in [5, 5.41) is 0. The molecule has 1 aromatic rings. The first-order valence-corrected chi connectivity index (χ1v) is 9.16. The van der Waals surface area contributed by atoms with Crippen molar-refractivity contribution in [1.29, 1.82) is 0 Å². The zero-order chi connectivity index (χ0) is 15.2. The van der Waals surface area contributed by atoms with Crippen LogP contribution in [0.4, 0.5) is 0 Å². The predicted octanol–water partition coefficient (Wildman–Crippen LogP) is 3.80. The number of aryl methyl sites for hydroxylation is 1. The van der Waals surface area contributed by atoms with Crippen molar-refractivity contribution in [2.24, 2.45) is 0 Å². The molecule has 5 heteroatoms. The van der Waals surface area contributed by atoms with Crippen molar-refractivity contribution in [2.45, 2.75) is 50.8 Å². The van der Waals surface area contributed by atoms with Gasteiger partial charge in [-0.15, -0.1) is 11.6 Å². The van der Waals surface area contributed by atoms with Crippen LogP contribution in [-0.2, 0) is 22.3 Å². The Morgan fingerprint density at radius 2 is 1.90 bits per heavy atom. The van der Waals surface area contributed by atoms with Gasteiger partial charge >= 0.3 is 0 Å². The van der Waals surface area contributed by atoms with E-state index in [1.165, 1.54) is 0 Å². The van der Waals surface area contributed by atoms with Crippen LogP contribution in [-0.4, -0.2) is 25.8 Å². The number of benzene rings is 1. The number of rotatable bonds is 8. The molecule has 0 aromatic heterocycles. The van der Waals surface area contributed by atoms with Crippen molar-refractivity contribution >= 4 is 21.6 Å². The smallest absolute Gasteiger partial charge is 0.207 e. The van der Waals surface area contributed by atoms with Crippen LogP contribution in [0.3, 0.4) is 0 Å². The number of halogens is 1. The Balaban J connectivity index is 3.24. The molecular formula is C15H24ClNO2S. The van der Waals surface area contributed by atoms with Gasteiger partial charge in [0.25, 0.3) is 0 Å². The van der Waals surface area contributed by atoms with Crippen LogP contribution >= 0.6 is 11.6 Å². The van der Waals surface area contributed by atoms with Crippen molar-refractivity contribution in [1.82, 2.24) is 4.31 Å². The molecule has 0 saturated heterocycles. The lowest BCUT2D eigenvalue weighted by atomic mass is 10.1.